The van der Waals surface area contributed by atoms with E-state index in [0.29, 0.717) is 4.43 Å². The molecule has 0 aromatic carbocycles. The Morgan fingerprint density at radius 2 is 2.14 bits per heavy atom. The normalized spacial score (nSPS) is 29.7. The molecule has 0 amide bonds. The summed E-state index contributed by atoms with van der Waals surface area (Å²) in [5.41, 5.74) is -1.17. The van der Waals surface area contributed by atoms with Gasteiger partial charge in [-0.15, -0.1) is 0 Å². The molecule has 1 aliphatic rings. The van der Waals surface area contributed by atoms with E-state index in [1.807, 2.05) is 22.6 Å². The van der Waals surface area contributed by atoms with Crippen LogP contribution >= 0.6 is 22.6 Å². The number of ether oxygens (including phenoxy) is 2. The second kappa shape index (κ2) is 7.19. The van der Waals surface area contributed by atoms with Crippen LogP contribution in [-0.2, 0) is 9.47 Å². The SMILES string of the molecule is CO[C@@H](CI)c1cn([C@@H]2O[C@H](CO)[C@@H](O)[C@H]2O)c(=O)[nH]c1=O. The highest BCUT2D eigenvalue weighted by Crippen LogP contribution is 2.28. The van der Waals surface area contributed by atoms with Crippen LogP contribution in [0.1, 0.15) is 17.9 Å². The maximum Gasteiger partial charge on any atom is 0.330 e. The third-order valence-corrected chi connectivity index (χ3v) is 4.36. The first-order valence-corrected chi connectivity index (χ1v) is 8.03. The standard InChI is InChI=1S/C12H17IN2O7/c1-21-6(2-13)5-3-15(12(20)14-10(5)19)11-9(18)8(17)7(4-16)22-11/h3,6-9,11,16-18H,2,4H2,1H3,(H,14,19,20)/t6-,7+,8+,9+,11+/m0/s1. The molecule has 1 aliphatic heterocycles. The quantitative estimate of drug-likeness (QED) is 0.324. The van der Waals surface area contributed by atoms with Gasteiger partial charge in [0.15, 0.2) is 6.23 Å². The maximum absolute atomic E-state index is 12.0. The monoisotopic (exact) mass is 428 g/mol. The van der Waals surface area contributed by atoms with E-state index in [0.717, 1.165) is 4.57 Å². The van der Waals surface area contributed by atoms with Crippen molar-refractivity contribution in [1.29, 1.82) is 0 Å². The fourth-order valence-electron chi connectivity index (χ4n) is 2.30. The van der Waals surface area contributed by atoms with Crippen molar-refractivity contribution in [2.45, 2.75) is 30.6 Å². The number of rotatable bonds is 5. The first kappa shape index (κ1) is 17.6. The Hall–Kier alpha value is -0.790. The van der Waals surface area contributed by atoms with E-state index in [-0.39, 0.29) is 5.56 Å². The Morgan fingerprint density at radius 3 is 2.64 bits per heavy atom. The molecule has 2 rings (SSSR count). The van der Waals surface area contributed by atoms with Crippen molar-refractivity contribution in [1.82, 2.24) is 9.55 Å². The van der Waals surface area contributed by atoms with Crippen LogP contribution in [0.3, 0.4) is 0 Å². The van der Waals surface area contributed by atoms with E-state index in [4.69, 9.17) is 14.6 Å². The van der Waals surface area contributed by atoms with Crippen LogP contribution in [0.5, 0.6) is 0 Å². The molecule has 0 spiro atoms. The van der Waals surface area contributed by atoms with E-state index in [2.05, 4.69) is 4.98 Å². The van der Waals surface area contributed by atoms with Gasteiger partial charge in [0.1, 0.15) is 18.3 Å². The van der Waals surface area contributed by atoms with E-state index in [9.17, 15) is 19.8 Å². The first-order chi connectivity index (χ1) is 10.4. The average molecular weight is 428 g/mol. The van der Waals surface area contributed by atoms with Gasteiger partial charge in [0, 0.05) is 17.7 Å². The highest BCUT2D eigenvalue weighted by molar-refractivity contribution is 14.1. The molecule has 0 saturated carbocycles. The third kappa shape index (κ3) is 3.12. The van der Waals surface area contributed by atoms with Gasteiger partial charge in [-0.3, -0.25) is 14.3 Å². The van der Waals surface area contributed by atoms with E-state index in [1.165, 1.54) is 13.3 Å². The zero-order valence-corrected chi connectivity index (χ0v) is 13.8. The molecule has 1 aromatic rings. The number of aliphatic hydroxyl groups excluding tert-OH is 3. The summed E-state index contributed by atoms with van der Waals surface area (Å²) in [7, 11) is 1.44. The molecule has 2 heterocycles. The number of halogens is 1. The van der Waals surface area contributed by atoms with Crippen LogP contribution in [0, 0.1) is 0 Å². The molecule has 124 valence electrons. The van der Waals surface area contributed by atoms with Crippen molar-refractivity contribution in [2.75, 3.05) is 18.1 Å². The van der Waals surface area contributed by atoms with Gasteiger partial charge in [-0.25, -0.2) is 4.79 Å². The number of hydrogen-bond donors (Lipinski definition) is 4. The Balaban J connectivity index is 2.46. The molecule has 0 aliphatic carbocycles. The van der Waals surface area contributed by atoms with Crippen LogP contribution in [0.15, 0.2) is 15.8 Å². The van der Waals surface area contributed by atoms with Crippen LogP contribution in [0.2, 0.25) is 0 Å². The highest BCUT2D eigenvalue weighted by atomic mass is 127. The third-order valence-electron chi connectivity index (χ3n) is 3.56. The predicted octanol–water partition coefficient (Wildman–Crippen LogP) is -1.73. The van der Waals surface area contributed by atoms with Gasteiger partial charge in [0.25, 0.3) is 5.56 Å². The molecule has 4 N–H and O–H groups in total. The number of hydrogen-bond acceptors (Lipinski definition) is 7. The van der Waals surface area contributed by atoms with E-state index >= 15 is 0 Å². The van der Waals surface area contributed by atoms with Crippen molar-refractivity contribution in [3.8, 4) is 0 Å². The molecular formula is C12H17IN2O7. The summed E-state index contributed by atoms with van der Waals surface area (Å²) >= 11 is 2.04. The molecule has 1 saturated heterocycles. The summed E-state index contributed by atoms with van der Waals surface area (Å²) in [4.78, 5) is 26.0. The fraction of sp³-hybridized carbons (Fsp3) is 0.667. The average Bonchev–Trinajstić information content (AvgIpc) is 2.78. The number of aromatic nitrogens is 2. The van der Waals surface area contributed by atoms with Crippen molar-refractivity contribution in [3.63, 3.8) is 0 Å². The number of alkyl halides is 1. The van der Waals surface area contributed by atoms with Gasteiger partial charge in [-0.2, -0.15) is 0 Å². The molecular weight excluding hydrogens is 411 g/mol. The van der Waals surface area contributed by atoms with Crippen molar-refractivity contribution >= 4 is 22.6 Å². The fourth-order valence-corrected chi connectivity index (χ4v) is 3.14. The summed E-state index contributed by atoms with van der Waals surface area (Å²) in [5, 5.41) is 28.8. The summed E-state index contributed by atoms with van der Waals surface area (Å²) in [6, 6.07) is 0. The van der Waals surface area contributed by atoms with Crippen molar-refractivity contribution in [3.05, 3.63) is 32.6 Å². The number of aliphatic hydroxyl groups is 3. The van der Waals surface area contributed by atoms with Gasteiger partial charge >= 0.3 is 5.69 Å². The van der Waals surface area contributed by atoms with Gasteiger partial charge < -0.3 is 24.8 Å². The Bertz CT molecular complexity index is 627. The zero-order chi connectivity index (χ0) is 16.4. The van der Waals surface area contributed by atoms with Gasteiger partial charge in [0.05, 0.1) is 18.3 Å². The topological polar surface area (TPSA) is 134 Å². The minimum absolute atomic E-state index is 0.203. The summed E-state index contributed by atoms with van der Waals surface area (Å²) in [6.45, 7) is -0.506. The molecule has 0 bridgehead atoms. The van der Waals surface area contributed by atoms with Crippen LogP contribution in [-0.4, -0.2) is 61.3 Å². The molecule has 1 fully saturated rings. The van der Waals surface area contributed by atoms with Gasteiger partial charge in [-0.05, 0) is 0 Å². The predicted molar refractivity (Wildman–Crippen MR) is 83.0 cm³/mol. The lowest BCUT2D eigenvalue weighted by Gasteiger charge is -2.19. The van der Waals surface area contributed by atoms with E-state index in [1.54, 1.807) is 0 Å². The number of aromatic amines is 1. The highest BCUT2D eigenvalue weighted by Gasteiger charge is 2.44. The Labute approximate surface area is 138 Å². The second-order valence-corrected chi connectivity index (χ2v) is 5.74. The molecule has 0 unspecified atom stereocenters. The minimum atomic E-state index is -1.41. The van der Waals surface area contributed by atoms with Gasteiger partial charge in [0.2, 0.25) is 0 Å². The molecule has 1 aromatic heterocycles. The van der Waals surface area contributed by atoms with Crippen LogP contribution < -0.4 is 11.2 Å². The smallest absolute Gasteiger partial charge is 0.330 e. The van der Waals surface area contributed by atoms with Crippen LogP contribution in [0.4, 0.5) is 0 Å². The first-order valence-electron chi connectivity index (χ1n) is 6.51. The maximum atomic E-state index is 12.0. The molecule has 0 radical (unpaired) electrons. The number of methoxy groups -OCH3 is 1. The molecule has 22 heavy (non-hydrogen) atoms. The lowest BCUT2D eigenvalue weighted by atomic mass is 10.1. The van der Waals surface area contributed by atoms with E-state index < -0.39 is 48.5 Å². The molecule has 10 heteroatoms. The van der Waals surface area contributed by atoms with Crippen molar-refractivity contribution < 1.29 is 24.8 Å². The zero-order valence-electron chi connectivity index (χ0n) is 11.7. The second-order valence-electron chi connectivity index (χ2n) is 4.86. The van der Waals surface area contributed by atoms with Gasteiger partial charge in [-0.1, -0.05) is 22.6 Å². The number of H-pyrrole nitrogens is 1. The summed E-state index contributed by atoms with van der Waals surface area (Å²) in [5.74, 6) is 0. The lowest BCUT2D eigenvalue weighted by molar-refractivity contribution is -0.0553. The largest absolute Gasteiger partial charge is 0.394 e. The van der Waals surface area contributed by atoms with Crippen molar-refractivity contribution in [2.24, 2.45) is 0 Å². The lowest BCUT2D eigenvalue weighted by Crippen LogP contribution is -2.39. The number of nitrogens with one attached hydrogen (secondary N) is 1. The molecule has 5 atom stereocenters. The summed E-state index contributed by atoms with van der Waals surface area (Å²) < 4.78 is 11.9. The minimum Gasteiger partial charge on any atom is -0.394 e. The Kier molecular flexibility index (Phi) is 5.74. The number of nitrogens with zero attached hydrogens (tertiary/aromatic N) is 1. The van der Waals surface area contributed by atoms with Crippen LogP contribution in [0.25, 0.3) is 0 Å². The Morgan fingerprint density at radius 1 is 1.45 bits per heavy atom. The summed E-state index contributed by atoms with van der Waals surface area (Å²) in [6.07, 6.45) is -4.25. The molecule has 9 nitrogen and oxygen atoms in total.